The first-order valence-electron chi connectivity index (χ1n) is 8.21. The fourth-order valence-electron chi connectivity index (χ4n) is 2.52. The number of aryl methyl sites for hydroxylation is 2. The van der Waals surface area contributed by atoms with Gasteiger partial charge in [-0.15, -0.1) is 0 Å². The van der Waals surface area contributed by atoms with Crippen LogP contribution in [0, 0.1) is 6.92 Å². The molecule has 134 valence electrons. The van der Waals surface area contributed by atoms with Crippen LogP contribution in [0.15, 0.2) is 10.5 Å². The maximum absolute atomic E-state index is 11.8. The van der Waals surface area contributed by atoms with Crippen LogP contribution < -0.4 is 11.1 Å². The molecule has 1 unspecified atom stereocenters. The van der Waals surface area contributed by atoms with Gasteiger partial charge in [0.2, 0.25) is 0 Å². The summed E-state index contributed by atoms with van der Waals surface area (Å²) in [4.78, 5) is 11.8. The van der Waals surface area contributed by atoms with Gasteiger partial charge in [0.15, 0.2) is 0 Å². The zero-order valence-corrected chi connectivity index (χ0v) is 16.8. The van der Waals surface area contributed by atoms with Gasteiger partial charge in [0.25, 0.3) is 0 Å². The molecular formula is C17H28BBrN2O3. The molecule has 1 rings (SSSR count). The number of nitrogens with two attached hydrogens (primary N) is 1. The SMILES string of the molecule is BC(CNC(=O)OC(C)(C)C)c1c(N)c(CCCO)cc(C)c1Br. The highest BCUT2D eigenvalue weighted by molar-refractivity contribution is 9.10. The lowest BCUT2D eigenvalue weighted by atomic mass is 9.78. The minimum Gasteiger partial charge on any atom is -0.444 e. The van der Waals surface area contributed by atoms with E-state index < -0.39 is 11.7 Å². The summed E-state index contributed by atoms with van der Waals surface area (Å²) >= 11 is 3.62. The summed E-state index contributed by atoms with van der Waals surface area (Å²) in [6, 6.07) is 2.05. The van der Waals surface area contributed by atoms with Crippen LogP contribution in [-0.2, 0) is 11.2 Å². The van der Waals surface area contributed by atoms with Crippen LogP contribution in [-0.4, -0.2) is 37.8 Å². The third-order valence-corrected chi connectivity index (χ3v) is 4.71. The van der Waals surface area contributed by atoms with Gasteiger partial charge in [0.1, 0.15) is 13.4 Å². The monoisotopic (exact) mass is 398 g/mol. The zero-order chi connectivity index (χ0) is 18.5. The van der Waals surface area contributed by atoms with Crippen molar-refractivity contribution in [3.63, 3.8) is 0 Å². The molecule has 1 amide bonds. The second-order valence-electron chi connectivity index (χ2n) is 7.10. The number of rotatable bonds is 6. The summed E-state index contributed by atoms with van der Waals surface area (Å²) in [5.41, 5.74) is 9.66. The average molecular weight is 399 g/mol. The Labute approximate surface area is 153 Å². The number of amides is 1. The Hall–Kier alpha value is -1.21. The normalized spacial score (nSPS) is 12.8. The number of nitrogen functional groups attached to an aromatic ring is 1. The van der Waals surface area contributed by atoms with E-state index in [-0.39, 0.29) is 12.4 Å². The molecule has 4 N–H and O–H groups in total. The van der Waals surface area contributed by atoms with Gasteiger partial charge in [-0.2, -0.15) is 0 Å². The number of alkyl carbamates (subject to hydrolysis) is 1. The number of hydrogen-bond acceptors (Lipinski definition) is 4. The number of carbonyl (C=O) groups excluding carboxylic acids is 1. The molecule has 0 spiro atoms. The number of hydrogen-bond donors (Lipinski definition) is 3. The van der Waals surface area contributed by atoms with Crippen LogP contribution in [0.3, 0.4) is 0 Å². The molecule has 0 aliphatic carbocycles. The van der Waals surface area contributed by atoms with E-state index in [9.17, 15) is 4.79 Å². The molecule has 0 aliphatic heterocycles. The summed E-state index contributed by atoms with van der Waals surface area (Å²) in [5, 5.41) is 11.8. The molecular weight excluding hydrogens is 371 g/mol. The Morgan fingerprint density at radius 2 is 2.12 bits per heavy atom. The van der Waals surface area contributed by atoms with Gasteiger partial charge >= 0.3 is 6.09 Å². The molecule has 0 aliphatic rings. The molecule has 0 fully saturated rings. The summed E-state index contributed by atoms with van der Waals surface area (Å²) in [6.07, 6.45) is 0.975. The topological polar surface area (TPSA) is 84.6 Å². The average Bonchev–Trinajstić information content (AvgIpc) is 2.46. The van der Waals surface area contributed by atoms with E-state index in [0.717, 1.165) is 33.3 Å². The van der Waals surface area contributed by atoms with E-state index in [1.54, 1.807) is 0 Å². The number of halogens is 1. The van der Waals surface area contributed by atoms with Crippen molar-refractivity contribution < 1.29 is 14.6 Å². The summed E-state index contributed by atoms with van der Waals surface area (Å²) in [7, 11) is 2.02. The highest BCUT2D eigenvalue weighted by Crippen LogP contribution is 2.34. The van der Waals surface area contributed by atoms with Gasteiger partial charge in [-0.1, -0.05) is 22.0 Å². The van der Waals surface area contributed by atoms with Gasteiger partial charge in [0.05, 0.1) is 0 Å². The van der Waals surface area contributed by atoms with Crippen LogP contribution in [0.25, 0.3) is 0 Å². The highest BCUT2D eigenvalue weighted by Gasteiger charge is 2.20. The summed E-state index contributed by atoms with van der Waals surface area (Å²) in [5.74, 6) is 0.0275. The van der Waals surface area contributed by atoms with Gasteiger partial charge in [-0.25, -0.2) is 4.79 Å². The Morgan fingerprint density at radius 3 is 2.67 bits per heavy atom. The number of anilines is 1. The standard InChI is InChI=1S/C17H28BBrN2O3/c1-10-8-11(6-5-7-22)15(20)13(14(10)19)12(18)9-21-16(23)24-17(2,3)4/h8,12,22H,5-7,9,18,20H2,1-4H3,(H,21,23). The predicted molar refractivity (Wildman–Crippen MR) is 104 cm³/mol. The first-order valence-corrected chi connectivity index (χ1v) is 9.01. The van der Waals surface area contributed by atoms with Crippen molar-refractivity contribution in [1.82, 2.24) is 5.32 Å². The zero-order valence-electron chi connectivity index (χ0n) is 15.2. The summed E-state index contributed by atoms with van der Waals surface area (Å²) < 4.78 is 6.23. The smallest absolute Gasteiger partial charge is 0.407 e. The predicted octanol–water partition coefficient (Wildman–Crippen LogP) is 2.46. The van der Waals surface area contributed by atoms with Crippen molar-refractivity contribution in [3.05, 3.63) is 27.2 Å². The Balaban J connectivity index is 2.91. The third-order valence-electron chi connectivity index (χ3n) is 3.66. The number of nitrogens with one attached hydrogen (secondary N) is 1. The Kier molecular flexibility index (Phi) is 7.61. The van der Waals surface area contributed by atoms with Crippen LogP contribution in [0.1, 0.15) is 49.7 Å². The number of aliphatic hydroxyl groups is 1. The van der Waals surface area contributed by atoms with Crippen molar-refractivity contribution in [2.75, 3.05) is 18.9 Å². The van der Waals surface area contributed by atoms with Crippen LogP contribution in [0.2, 0.25) is 0 Å². The fraction of sp³-hybridized carbons (Fsp3) is 0.588. The minimum absolute atomic E-state index is 0.0275. The molecule has 5 nitrogen and oxygen atoms in total. The first kappa shape index (κ1) is 20.8. The molecule has 1 aromatic carbocycles. The van der Waals surface area contributed by atoms with Crippen LogP contribution in [0.5, 0.6) is 0 Å². The van der Waals surface area contributed by atoms with E-state index in [1.807, 2.05) is 41.6 Å². The molecule has 0 bridgehead atoms. The maximum atomic E-state index is 11.8. The lowest BCUT2D eigenvalue weighted by Crippen LogP contribution is -2.35. The highest BCUT2D eigenvalue weighted by atomic mass is 79.9. The molecule has 0 aromatic heterocycles. The van der Waals surface area contributed by atoms with E-state index in [4.69, 9.17) is 15.6 Å². The molecule has 0 radical (unpaired) electrons. The largest absolute Gasteiger partial charge is 0.444 e. The Bertz CT molecular complexity index is 588. The minimum atomic E-state index is -0.520. The van der Waals surface area contributed by atoms with Crippen molar-refractivity contribution in [2.45, 2.75) is 52.0 Å². The third kappa shape index (κ3) is 6.02. The van der Waals surface area contributed by atoms with E-state index in [0.29, 0.717) is 13.0 Å². The van der Waals surface area contributed by atoms with Crippen LogP contribution in [0.4, 0.5) is 10.5 Å². The molecule has 1 atom stereocenters. The summed E-state index contributed by atoms with van der Waals surface area (Å²) in [6.45, 7) is 8.08. The van der Waals surface area contributed by atoms with Crippen molar-refractivity contribution in [2.24, 2.45) is 0 Å². The van der Waals surface area contributed by atoms with Gasteiger partial charge in [-0.05, 0) is 63.0 Å². The lowest BCUT2D eigenvalue weighted by Gasteiger charge is -2.23. The van der Waals surface area contributed by atoms with Gasteiger partial charge in [-0.3, -0.25) is 0 Å². The molecule has 1 aromatic rings. The molecule has 0 saturated carbocycles. The molecule has 0 heterocycles. The molecule has 0 saturated heterocycles. The second kappa shape index (κ2) is 8.76. The first-order chi connectivity index (χ1) is 11.1. The van der Waals surface area contributed by atoms with Crippen molar-refractivity contribution >= 4 is 35.6 Å². The quantitative estimate of drug-likeness (QED) is 0.507. The van der Waals surface area contributed by atoms with Gasteiger partial charge < -0.3 is 20.9 Å². The Morgan fingerprint density at radius 1 is 1.50 bits per heavy atom. The number of aliphatic hydroxyl groups excluding tert-OH is 1. The lowest BCUT2D eigenvalue weighted by molar-refractivity contribution is 0.0527. The van der Waals surface area contributed by atoms with Gasteiger partial charge in [0, 0.05) is 23.3 Å². The number of carbonyl (C=O) groups is 1. The second-order valence-corrected chi connectivity index (χ2v) is 7.90. The number of benzene rings is 1. The number of ether oxygens (including phenoxy) is 1. The van der Waals surface area contributed by atoms with E-state index >= 15 is 0 Å². The van der Waals surface area contributed by atoms with Crippen molar-refractivity contribution in [3.8, 4) is 0 Å². The fourth-order valence-corrected chi connectivity index (χ4v) is 3.24. The van der Waals surface area contributed by atoms with Crippen molar-refractivity contribution in [1.29, 1.82) is 0 Å². The van der Waals surface area contributed by atoms with E-state index in [2.05, 4.69) is 21.2 Å². The molecule has 24 heavy (non-hydrogen) atoms. The van der Waals surface area contributed by atoms with Crippen LogP contribution >= 0.6 is 15.9 Å². The molecule has 7 heteroatoms. The van der Waals surface area contributed by atoms with E-state index in [1.165, 1.54) is 0 Å². The maximum Gasteiger partial charge on any atom is 0.407 e.